The maximum absolute atomic E-state index is 13.6. The third-order valence-electron chi connectivity index (χ3n) is 2.26. The number of hydrogen-bond acceptors (Lipinski definition) is 4. The fourth-order valence-electron chi connectivity index (χ4n) is 1.43. The summed E-state index contributed by atoms with van der Waals surface area (Å²) in [6.45, 7) is 0. The minimum atomic E-state index is -0.416. The van der Waals surface area contributed by atoms with Gasteiger partial charge in [0.15, 0.2) is 5.82 Å². The highest BCUT2D eigenvalue weighted by atomic mass is 35.5. The van der Waals surface area contributed by atoms with E-state index in [0.717, 1.165) is 0 Å². The molecule has 6 heteroatoms. The molecular formula is C11H10ClFN4. The van der Waals surface area contributed by atoms with Crippen molar-refractivity contribution in [3.05, 3.63) is 35.1 Å². The van der Waals surface area contributed by atoms with Gasteiger partial charge in [0.25, 0.3) is 0 Å². The van der Waals surface area contributed by atoms with E-state index in [1.807, 2.05) is 0 Å². The molecule has 0 fully saturated rings. The molecule has 3 N–H and O–H groups in total. The van der Waals surface area contributed by atoms with Crippen molar-refractivity contribution < 1.29 is 4.39 Å². The van der Waals surface area contributed by atoms with Crippen LogP contribution in [0.1, 0.15) is 0 Å². The number of aromatic nitrogens is 2. The summed E-state index contributed by atoms with van der Waals surface area (Å²) < 4.78 is 13.6. The van der Waals surface area contributed by atoms with Gasteiger partial charge in [-0.2, -0.15) is 0 Å². The van der Waals surface area contributed by atoms with Crippen molar-refractivity contribution >= 4 is 23.1 Å². The van der Waals surface area contributed by atoms with Crippen LogP contribution < -0.4 is 11.1 Å². The van der Waals surface area contributed by atoms with E-state index in [1.165, 1.54) is 18.2 Å². The second-order valence-corrected chi connectivity index (χ2v) is 3.84. The Morgan fingerprint density at radius 3 is 2.71 bits per heavy atom. The molecule has 2 rings (SSSR count). The quantitative estimate of drug-likeness (QED) is 0.862. The average molecular weight is 253 g/mol. The summed E-state index contributed by atoms with van der Waals surface area (Å²) in [5.74, 6) is 0.0384. The molecule has 1 heterocycles. The minimum absolute atomic E-state index is 0.277. The number of rotatable bonds is 2. The largest absolute Gasteiger partial charge is 0.396 e. The zero-order valence-electron chi connectivity index (χ0n) is 9.04. The topological polar surface area (TPSA) is 63.8 Å². The van der Waals surface area contributed by atoms with Crippen LogP contribution in [0, 0.1) is 5.82 Å². The standard InChI is InChI=1S/C11H10ClFN4/c1-15-11-9(14)5-10(16-17-11)7-4-6(12)2-3-8(7)13/h2-5H,1H3,(H2,14,16)(H,15,17). The Bertz CT molecular complexity index is 559. The van der Waals surface area contributed by atoms with Crippen molar-refractivity contribution in [3.8, 4) is 11.3 Å². The highest BCUT2D eigenvalue weighted by molar-refractivity contribution is 6.30. The second-order valence-electron chi connectivity index (χ2n) is 3.41. The van der Waals surface area contributed by atoms with Gasteiger partial charge >= 0.3 is 0 Å². The molecule has 1 aromatic heterocycles. The van der Waals surface area contributed by atoms with Crippen LogP contribution in [0.4, 0.5) is 15.9 Å². The highest BCUT2D eigenvalue weighted by Gasteiger charge is 2.10. The molecule has 0 aliphatic carbocycles. The average Bonchev–Trinajstić information content (AvgIpc) is 2.32. The van der Waals surface area contributed by atoms with Crippen LogP contribution >= 0.6 is 11.6 Å². The number of benzene rings is 1. The number of nitrogens with two attached hydrogens (primary N) is 1. The van der Waals surface area contributed by atoms with Crippen molar-refractivity contribution in [1.82, 2.24) is 10.2 Å². The van der Waals surface area contributed by atoms with Crippen LogP contribution in [0.2, 0.25) is 5.02 Å². The molecule has 4 nitrogen and oxygen atoms in total. The zero-order chi connectivity index (χ0) is 12.4. The fraction of sp³-hybridized carbons (Fsp3) is 0.0909. The Morgan fingerprint density at radius 1 is 1.29 bits per heavy atom. The maximum atomic E-state index is 13.6. The summed E-state index contributed by atoms with van der Waals surface area (Å²) in [6.07, 6.45) is 0. The molecule has 0 atom stereocenters. The van der Waals surface area contributed by atoms with E-state index in [-0.39, 0.29) is 5.56 Å². The molecule has 0 saturated heterocycles. The Hall–Kier alpha value is -1.88. The van der Waals surface area contributed by atoms with Gasteiger partial charge in [0.1, 0.15) is 5.82 Å². The lowest BCUT2D eigenvalue weighted by Crippen LogP contribution is -2.02. The minimum Gasteiger partial charge on any atom is -0.396 e. The van der Waals surface area contributed by atoms with E-state index in [0.29, 0.717) is 22.2 Å². The van der Waals surface area contributed by atoms with E-state index in [4.69, 9.17) is 17.3 Å². The smallest absolute Gasteiger partial charge is 0.171 e. The van der Waals surface area contributed by atoms with Crippen molar-refractivity contribution in [1.29, 1.82) is 0 Å². The molecule has 0 unspecified atom stereocenters. The van der Waals surface area contributed by atoms with Gasteiger partial charge in [0, 0.05) is 17.6 Å². The van der Waals surface area contributed by atoms with Crippen LogP contribution in [-0.4, -0.2) is 17.2 Å². The maximum Gasteiger partial charge on any atom is 0.171 e. The van der Waals surface area contributed by atoms with Crippen molar-refractivity contribution in [2.24, 2.45) is 0 Å². The molecule has 17 heavy (non-hydrogen) atoms. The van der Waals surface area contributed by atoms with E-state index in [2.05, 4.69) is 15.5 Å². The molecule has 0 amide bonds. The first-order valence-electron chi connectivity index (χ1n) is 4.88. The van der Waals surface area contributed by atoms with E-state index in [9.17, 15) is 4.39 Å². The Morgan fingerprint density at radius 2 is 2.06 bits per heavy atom. The summed E-state index contributed by atoms with van der Waals surface area (Å²) in [5.41, 5.74) is 6.76. The zero-order valence-corrected chi connectivity index (χ0v) is 9.79. The lowest BCUT2D eigenvalue weighted by Gasteiger charge is -2.06. The third-order valence-corrected chi connectivity index (χ3v) is 2.50. The number of anilines is 2. The first-order valence-corrected chi connectivity index (χ1v) is 5.26. The van der Waals surface area contributed by atoms with Crippen LogP contribution in [-0.2, 0) is 0 Å². The molecule has 2 aromatic rings. The first-order chi connectivity index (χ1) is 8.11. The summed E-state index contributed by atoms with van der Waals surface area (Å²) in [5, 5.41) is 11.0. The number of hydrogen-bond donors (Lipinski definition) is 2. The molecule has 0 aliphatic heterocycles. The molecule has 0 aliphatic rings. The van der Waals surface area contributed by atoms with Gasteiger partial charge in [-0.15, -0.1) is 10.2 Å². The molecule has 88 valence electrons. The van der Waals surface area contributed by atoms with Gasteiger partial charge in [-0.05, 0) is 24.3 Å². The summed E-state index contributed by atoms with van der Waals surface area (Å²) >= 11 is 5.81. The van der Waals surface area contributed by atoms with Gasteiger partial charge in [-0.25, -0.2) is 4.39 Å². The Labute approximate surface area is 103 Å². The molecule has 0 saturated carbocycles. The van der Waals surface area contributed by atoms with Gasteiger partial charge in [-0.3, -0.25) is 0 Å². The highest BCUT2D eigenvalue weighted by Crippen LogP contribution is 2.26. The number of nitrogens with one attached hydrogen (secondary N) is 1. The fourth-order valence-corrected chi connectivity index (χ4v) is 1.60. The molecule has 0 spiro atoms. The summed E-state index contributed by atoms with van der Waals surface area (Å²) in [6, 6.07) is 5.79. The van der Waals surface area contributed by atoms with Crippen molar-refractivity contribution in [2.75, 3.05) is 18.1 Å². The molecule has 0 bridgehead atoms. The summed E-state index contributed by atoms with van der Waals surface area (Å²) in [7, 11) is 1.68. The predicted octanol–water partition coefficient (Wildman–Crippen LogP) is 2.56. The lowest BCUT2D eigenvalue weighted by molar-refractivity contribution is 0.630. The van der Waals surface area contributed by atoms with E-state index in [1.54, 1.807) is 13.1 Å². The van der Waals surface area contributed by atoms with Crippen LogP contribution in [0.5, 0.6) is 0 Å². The van der Waals surface area contributed by atoms with Crippen LogP contribution in [0.25, 0.3) is 11.3 Å². The van der Waals surface area contributed by atoms with Gasteiger partial charge in [0.05, 0.1) is 11.4 Å². The first kappa shape index (κ1) is 11.6. The van der Waals surface area contributed by atoms with Crippen LogP contribution in [0.15, 0.2) is 24.3 Å². The molecule has 1 aromatic carbocycles. The van der Waals surface area contributed by atoms with E-state index < -0.39 is 5.82 Å². The molecular weight excluding hydrogens is 243 g/mol. The van der Waals surface area contributed by atoms with Crippen molar-refractivity contribution in [2.45, 2.75) is 0 Å². The number of halogens is 2. The second kappa shape index (κ2) is 4.55. The number of nitrogen functional groups attached to an aromatic ring is 1. The van der Waals surface area contributed by atoms with Gasteiger partial charge in [-0.1, -0.05) is 11.6 Å². The van der Waals surface area contributed by atoms with Crippen LogP contribution in [0.3, 0.4) is 0 Å². The normalized spacial score (nSPS) is 10.3. The van der Waals surface area contributed by atoms with Gasteiger partial charge < -0.3 is 11.1 Å². The van der Waals surface area contributed by atoms with E-state index >= 15 is 0 Å². The SMILES string of the molecule is CNc1nnc(-c2cc(Cl)ccc2F)cc1N. The van der Waals surface area contributed by atoms with Crippen molar-refractivity contribution in [3.63, 3.8) is 0 Å². The van der Waals surface area contributed by atoms with Gasteiger partial charge in [0.2, 0.25) is 0 Å². The number of nitrogens with zero attached hydrogens (tertiary/aromatic N) is 2. The monoisotopic (exact) mass is 252 g/mol. The Kier molecular flexibility index (Phi) is 3.10. The molecule has 0 radical (unpaired) electrons. The summed E-state index contributed by atoms with van der Waals surface area (Å²) in [4.78, 5) is 0. The lowest BCUT2D eigenvalue weighted by atomic mass is 10.1. The third kappa shape index (κ3) is 2.29. The Balaban J connectivity index is 2.53. The predicted molar refractivity (Wildman–Crippen MR) is 66.4 cm³/mol.